The number of halogens is 1. The maximum atomic E-state index is 13.7. The van der Waals surface area contributed by atoms with E-state index < -0.39 is 12.1 Å². The van der Waals surface area contributed by atoms with Crippen molar-refractivity contribution in [1.29, 1.82) is 0 Å². The van der Waals surface area contributed by atoms with Gasteiger partial charge in [-0.15, -0.1) is 0 Å². The van der Waals surface area contributed by atoms with Crippen LogP contribution in [0.15, 0.2) is 60.7 Å². The molecule has 222 valence electrons. The van der Waals surface area contributed by atoms with Crippen LogP contribution in [0.25, 0.3) is 0 Å². The first kappa shape index (κ1) is 30.9. The average Bonchev–Trinajstić information content (AvgIpc) is 3.43. The number of rotatable bonds is 7. The monoisotopic (exact) mass is 594 g/mol. The number of fused-ring (bicyclic) bond motifs is 1. The molecule has 5 rings (SSSR count). The normalized spacial score (nSPS) is 18.5. The van der Waals surface area contributed by atoms with E-state index in [-0.39, 0.29) is 30.8 Å². The Morgan fingerprint density at radius 2 is 1.79 bits per heavy atom. The van der Waals surface area contributed by atoms with Crippen molar-refractivity contribution in [3.8, 4) is 11.5 Å². The lowest BCUT2D eigenvalue weighted by molar-refractivity contribution is -0.123. The van der Waals surface area contributed by atoms with Gasteiger partial charge in [-0.2, -0.15) is 0 Å². The fourth-order valence-electron chi connectivity index (χ4n) is 5.25. The molecule has 1 fully saturated rings. The van der Waals surface area contributed by atoms with E-state index in [2.05, 4.69) is 6.92 Å². The molecule has 0 saturated carbocycles. The second-order valence-corrected chi connectivity index (χ2v) is 10.7. The van der Waals surface area contributed by atoms with Crippen molar-refractivity contribution in [1.82, 2.24) is 4.90 Å². The maximum absolute atomic E-state index is 13.7. The minimum atomic E-state index is -0.479. The van der Waals surface area contributed by atoms with Crippen LogP contribution in [-0.4, -0.2) is 65.8 Å². The molecule has 2 heterocycles. The highest BCUT2D eigenvalue weighted by molar-refractivity contribution is 6.30. The second kappa shape index (κ2) is 13.7. The number of aliphatic hydroxyl groups is 1. The molecular weight excluding hydrogens is 560 g/mol. The number of amides is 2. The fourth-order valence-corrected chi connectivity index (χ4v) is 5.37. The molecule has 2 unspecified atom stereocenters. The third-order valence-corrected chi connectivity index (χ3v) is 7.77. The van der Waals surface area contributed by atoms with Gasteiger partial charge in [0.15, 0.2) is 11.5 Å². The zero-order valence-corrected chi connectivity index (χ0v) is 24.6. The summed E-state index contributed by atoms with van der Waals surface area (Å²) < 4.78 is 11.8. The van der Waals surface area contributed by atoms with Gasteiger partial charge in [0.05, 0.1) is 31.8 Å². The van der Waals surface area contributed by atoms with Gasteiger partial charge >= 0.3 is 0 Å². The Labute approximate surface area is 250 Å². The van der Waals surface area contributed by atoms with Crippen molar-refractivity contribution >= 4 is 35.6 Å². The average molecular weight is 595 g/mol. The van der Waals surface area contributed by atoms with Crippen LogP contribution in [0.2, 0.25) is 5.02 Å². The highest BCUT2D eigenvalue weighted by atomic mass is 35.5. The summed E-state index contributed by atoms with van der Waals surface area (Å²) in [5.74, 6) is 1.04. The first-order valence-corrected chi connectivity index (χ1v) is 14.2. The van der Waals surface area contributed by atoms with E-state index in [9.17, 15) is 14.7 Å². The number of benzene rings is 3. The fraction of sp³-hybridized carbons (Fsp3) is 0.344. The third-order valence-electron chi connectivity index (χ3n) is 7.52. The van der Waals surface area contributed by atoms with Gasteiger partial charge in [-0.25, -0.2) is 0 Å². The molecular formula is C32H35ClN2O7. The molecule has 0 radical (unpaired) electrons. The second-order valence-electron chi connectivity index (χ2n) is 10.3. The SMILES string of the molecule is CC[C@@H](C)Oc1cc2c(cc1OC)CC(=O)N(c1ccc(C(=O)N3CCC(O)C3)cc1)C2c1ccc(Cl)cc1.O=CO. The van der Waals surface area contributed by atoms with Gasteiger partial charge in [0.2, 0.25) is 5.91 Å². The molecule has 42 heavy (non-hydrogen) atoms. The number of nitrogens with zero attached hydrogens (tertiary/aromatic N) is 2. The maximum Gasteiger partial charge on any atom is 0.290 e. The molecule has 0 aromatic heterocycles. The lowest BCUT2D eigenvalue weighted by atomic mass is 9.86. The summed E-state index contributed by atoms with van der Waals surface area (Å²) in [6, 6.07) is 18.1. The van der Waals surface area contributed by atoms with E-state index in [1.54, 1.807) is 29.0 Å². The summed E-state index contributed by atoms with van der Waals surface area (Å²) in [6.45, 7) is 4.70. The number of carbonyl (C=O) groups is 3. The van der Waals surface area contributed by atoms with E-state index in [0.717, 1.165) is 23.1 Å². The Kier molecular flexibility index (Phi) is 10.1. The van der Waals surface area contributed by atoms with E-state index in [0.29, 0.717) is 47.3 Å². The molecule has 3 atom stereocenters. The molecule has 10 heteroatoms. The lowest BCUT2D eigenvalue weighted by Gasteiger charge is -2.38. The van der Waals surface area contributed by atoms with E-state index in [1.165, 1.54) is 0 Å². The molecule has 1 saturated heterocycles. The van der Waals surface area contributed by atoms with E-state index in [4.69, 9.17) is 31.0 Å². The number of anilines is 1. The molecule has 0 bridgehead atoms. The zero-order valence-electron chi connectivity index (χ0n) is 23.8. The number of aliphatic hydroxyl groups excluding tert-OH is 1. The summed E-state index contributed by atoms with van der Waals surface area (Å²) >= 11 is 6.21. The topological polar surface area (TPSA) is 117 Å². The minimum absolute atomic E-state index is 0.00550. The number of hydrogen-bond acceptors (Lipinski definition) is 6. The molecule has 3 aromatic rings. The first-order valence-electron chi connectivity index (χ1n) is 13.8. The van der Waals surface area contributed by atoms with Crippen LogP contribution in [0, 0.1) is 0 Å². The molecule has 3 aromatic carbocycles. The van der Waals surface area contributed by atoms with Gasteiger partial charge in [0.25, 0.3) is 12.4 Å². The van der Waals surface area contributed by atoms with Crippen LogP contribution in [0.1, 0.15) is 59.8 Å². The predicted octanol–water partition coefficient (Wildman–Crippen LogP) is 5.11. The summed E-state index contributed by atoms with van der Waals surface area (Å²) in [5, 5.41) is 17.3. The Morgan fingerprint density at radius 1 is 1.12 bits per heavy atom. The van der Waals surface area contributed by atoms with Crippen molar-refractivity contribution in [2.45, 2.75) is 51.4 Å². The van der Waals surface area contributed by atoms with Crippen molar-refractivity contribution in [3.63, 3.8) is 0 Å². The van der Waals surface area contributed by atoms with Crippen molar-refractivity contribution in [3.05, 3.63) is 87.9 Å². The standard InChI is InChI=1S/C31H33ClN2O5.CH2O2/c1-4-19(2)39-28-17-26-22(15-27(28)38-3)16-29(36)34(30(26)20-5-9-23(32)10-6-20)24-11-7-21(8-12-24)31(37)33-14-13-25(35)18-33;2-1-3/h5-12,15,17,19,25,30,35H,4,13-14,16,18H2,1-3H3;1H,(H,2,3)/t19-,25?,30?;/m1./s1. The predicted molar refractivity (Wildman–Crippen MR) is 160 cm³/mol. The van der Waals surface area contributed by atoms with Crippen molar-refractivity contribution in [2.24, 2.45) is 0 Å². The molecule has 2 N–H and O–H groups in total. The summed E-state index contributed by atoms with van der Waals surface area (Å²) in [5.41, 5.74) is 3.93. The van der Waals surface area contributed by atoms with Gasteiger partial charge in [-0.1, -0.05) is 30.7 Å². The minimum Gasteiger partial charge on any atom is -0.493 e. The Morgan fingerprint density at radius 3 is 2.36 bits per heavy atom. The van der Waals surface area contributed by atoms with Gasteiger partial charge in [-0.3, -0.25) is 14.4 Å². The van der Waals surface area contributed by atoms with Gasteiger partial charge in [0, 0.05) is 29.4 Å². The Balaban J connectivity index is 0.00000129. The summed E-state index contributed by atoms with van der Waals surface area (Å²) in [4.78, 5) is 38.4. The number of ether oxygens (including phenoxy) is 2. The van der Waals surface area contributed by atoms with Gasteiger partial charge < -0.3 is 29.5 Å². The number of carbonyl (C=O) groups excluding carboxylic acids is 2. The lowest BCUT2D eigenvalue weighted by Crippen LogP contribution is -2.41. The summed E-state index contributed by atoms with van der Waals surface area (Å²) in [7, 11) is 1.60. The molecule has 0 aliphatic carbocycles. The van der Waals surface area contributed by atoms with Crippen molar-refractivity contribution in [2.75, 3.05) is 25.1 Å². The van der Waals surface area contributed by atoms with Crippen LogP contribution in [-0.2, 0) is 16.0 Å². The van der Waals surface area contributed by atoms with Crippen molar-refractivity contribution < 1.29 is 34.1 Å². The van der Waals surface area contributed by atoms with E-state index in [1.807, 2.05) is 55.5 Å². The van der Waals surface area contributed by atoms with Crippen LogP contribution < -0.4 is 14.4 Å². The third kappa shape index (κ3) is 6.69. The van der Waals surface area contributed by atoms with Crippen LogP contribution in [0.4, 0.5) is 5.69 Å². The molecule has 2 aliphatic rings. The molecule has 2 amide bonds. The van der Waals surface area contributed by atoms with Gasteiger partial charge in [0.1, 0.15) is 0 Å². The zero-order chi connectivity index (χ0) is 30.4. The summed E-state index contributed by atoms with van der Waals surface area (Å²) in [6.07, 6.45) is 1.14. The number of hydrogen-bond donors (Lipinski definition) is 2. The number of likely N-dealkylation sites (tertiary alicyclic amines) is 1. The van der Waals surface area contributed by atoms with Crippen LogP contribution in [0.3, 0.4) is 0 Å². The highest BCUT2D eigenvalue weighted by Gasteiger charge is 2.36. The largest absolute Gasteiger partial charge is 0.493 e. The van der Waals surface area contributed by atoms with Crippen LogP contribution in [0.5, 0.6) is 11.5 Å². The van der Waals surface area contributed by atoms with Crippen LogP contribution >= 0.6 is 11.6 Å². The molecule has 9 nitrogen and oxygen atoms in total. The molecule has 0 spiro atoms. The number of β-amino-alcohol motifs (C(OH)–C–C–N with tert-alkyl or cyclic N) is 1. The van der Waals surface area contributed by atoms with E-state index >= 15 is 0 Å². The quantitative estimate of drug-likeness (QED) is 0.365. The Hall–Kier alpha value is -4.08. The Bertz CT molecular complexity index is 1410. The number of methoxy groups -OCH3 is 1. The highest BCUT2D eigenvalue weighted by Crippen LogP contribution is 2.44. The van der Waals surface area contributed by atoms with Gasteiger partial charge in [-0.05, 0) is 85.0 Å². The molecule has 2 aliphatic heterocycles. The smallest absolute Gasteiger partial charge is 0.290 e. The first-order chi connectivity index (χ1) is 20.2. The number of carboxylic acid groups (broad SMARTS) is 1.